The second-order valence-corrected chi connectivity index (χ2v) is 7.49. The molecule has 4 rings (SSSR count). The van der Waals surface area contributed by atoms with Crippen molar-refractivity contribution in [1.29, 1.82) is 0 Å². The molecule has 0 aliphatic carbocycles. The zero-order chi connectivity index (χ0) is 21.6. The number of likely N-dealkylation sites (N-methyl/N-ethyl adjacent to an activating group) is 2. The van der Waals surface area contributed by atoms with Gasteiger partial charge < -0.3 is 10.1 Å². The molecule has 0 spiro atoms. The number of methoxy groups -OCH3 is 1. The van der Waals surface area contributed by atoms with Crippen LogP contribution in [0.4, 0.5) is 10.5 Å². The molecule has 3 amide bonds. The Balaban J connectivity index is 1.59. The Morgan fingerprint density at radius 1 is 1.20 bits per heavy atom. The van der Waals surface area contributed by atoms with Crippen molar-refractivity contribution >= 4 is 35.1 Å². The molecule has 1 saturated heterocycles. The Kier molecular flexibility index (Phi) is 4.92. The molecule has 1 fully saturated rings. The summed E-state index contributed by atoms with van der Waals surface area (Å²) in [4.78, 5) is 32.5. The van der Waals surface area contributed by atoms with Gasteiger partial charge in [-0.2, -0.15) is 0 Å². The summed E-state index contributed by atoms with van der Waals surface area (Å²) in [6.45, 7) is 5.04. The number of hydrogen-bond acceptors (Lipinski definition) is 7. The number of ether oxygens (including phenoxy) is 1. The quantitative estimate of drug-likeness (QED) is 0.724. The topological polar surface area (TPSA) is 92.8 Å². The molecular formula is C20H26N7O3+. The zero-order valence-electron chi connectivity index (χ0n) is 17.8. The van der Waals surface area contributed by atoms with Crippen molar-refractivity contribution < 1.29 is 18.9 Å². The lowest BCUT2D eigenvalue weighted by molar-refractivity contribution is -0.559. The summed E-state index contributed by atoms with van der Waals surface area (Å²) in [6.07, 6.45) is 0. The second-order valence-electron chi connectivity index (χ2n) is 7.49. The minimum atomic E-state index is -0.627. The SMILES string of the molecule is COc1ccccc1NCCN1N=C(C)C(C)[N+]2=C1N=C1C2C(=O)N(C)C(=O)N1C. The molecule has 2 unspecified atom stereocenters. The van der Waals surface area contributed by atoms with Crippen molar-refractivity contribution in [3.05, 3.63) is 24.3 Å². The minimum Gasteiger partial charge on any atom is -0.495 e. The van der Waals surface area contributed by atoms with Crippen LogP contribution in [0.1, 0.15) is 13.8 Å². The molecule has 0 bridgehead atoms. The number of amides is 3. The fourth-order valence-electron chi connectivity index (χ4n) is 3.89. The van der Waals surface area contributed by atoms with Crippen molar-refractivity contribution in [2.45, 2.75) is 25.9 Å². The number of benzene rings is 1. The van der Waals surface area contributed by atoms with E-state index in [4.69, 9.17) is 9.84 Å². The smallest absolute Gasteiger partial charge is 0.417 e. The van der Waals surface area contributed by atoms with Crippen LogP contribution in [-0.4, -0.2) is 95.2 Å². The average Bonchev–Trinajstić information content (AvgIpc) is 3.15. The Hall–Kier alpha value is -3.43. The number of imide groups is 1. The van der Waals surface area contributed by atoms with Crippen LogP contribution in [0, 0.1) is 0 Å². The average molecular weight is 412 g/mol. The predicted molar refractivity (Wildman–Crippen MR) is 113 cm³/mol. The number of para-hydroxylation sites is 2. The van der Waals surface area contributed by atoms with Gasteiger partial charge in [-0.3, -0.25) is 14.6 Å². The van der Waals surface area contributed by atoms with E-state index in [1.165, 1.54) is 11.9 Å². The number of aliphatic imine (C=N–C) groups is 1. The van der Waals surface area contributed by atoms with Gasteiger partial charge in [-0.15, -0.1) is 10.1 Å². The first kappa shape index (κ1) is 19.9. The number of hydrogen-bond donors (Lipinski definition) is 1. The van der Waals surface area contributed by atoms with Crippen LogP contribution >= 0.6 is 0 Å². The second kappa shape index (κ2) is 7.43. The molecule has 3 aliphatic rings. The molecular weight excluding hydrogens is 386 g/mol. The van der Waals surface area contributed by atoms with Gasteiger partial charge in [-0.25, -0.2) is 9.37 Å². The monoisotopic (exact) mass is 412 g/mol. The summed E-state index contributed by atoms with van der Waals surface area (Å²) in [7, 11) is 4.78. The third-order valence-corrected chi connectivity index (χ3v) is 5.73. The fourth-order valence-corrected chi connectivity index (χ4v) is 3.89. The number of nitrogens with one attached hydrogen (secondary N) is 1. The van der Waals surface area contributed by atoms with E-state index in [9.17, 15) is 9.59 Å². The molecule has 158 valence electrons. The van der Waals surface area contributed by atoms with Crippen molar-refractivity contribution in [1.82, 2.24) is 14.8 Å². The number of amidine groups is 1. The van der Waals surface area contributed by atoms with E-state index < -0.39 is 6.04 Å². The number of guanidine groups is 1. The lowest BCUT2D eigenvalue weighted by atomic mass is 10.1. The third kappa shape index (κ3) is 2.99. The van der Waals surface area contributed by atoms with Gasteiger partial charge in [0.05, 0.1) is 18.5 Å². The molecule has 0 aromatic heterocycles. The zero-order valence-corrected chi connectivity index (χ0v) is 17.8. The minimum absolute atomic E-state index is 0.108. The van der Waals surface area contributed by atoms with E-state index in [1.54, 1.807) is 19.2 Å². The van der Waals surface area contributed by atoms with E-state index in [0.717, 1.165) is 22.0 Å². The first-order valence-corrected chi connectivity index (χ1v) is 9.83. The molecule has 3 aliphatic heterocycles. The number of fused-ring (bicyclic) bond motifs is 2. The van der Waals surface area contributed by atoms with Gasteiger partial charge in [0.2, 0.25) is 11.9 Å². The summed E-state index contributed by atoms with van der Waals surface area (Å²) in [5, 5.41) is 9.83. The highest BCUT2D eigenvalue weighted by Gasteiger charge is 2.55. The van der Waals surface area contributed by atoms with Crippen LogP contribution in [0.2, 0.25) is 0 Å². The summed E-state index contributed by atoms with van der Waals surface area (Å²) in [6, 6.07) is 6.58. The van der Waals surface area contributed by atoms with E-state index in [-0.39, 0.29) is 18.0 Å². The highest BCUT2D eigenvalue weighted by Crippen LogP contribution is 2.25. The van der Waals surface area contributed by atoms with E-state index >= 15 is 0 Å². The van der Waals surface area contributed by atoms with Gasteiger partial charge in [-0.05, 0) is 26.0 Å². The van der Waals surface area contributed by atoms with Crippen LogP contribution in [0.3, 0.4) is 0 Å². The van der Waals surface area contributed by atoms with Crippen LogP contribution in [0.25, 0.3) is 0 Å². The lowest BCUT2D eigenvalue weighted by Crippen LogP contribution is -2.63. The normalized spacial score (nSPS) is 23.3. The Morgan fingerprint density at radius 3 is 2.67 bits per heavy atom. The largest absolute Gasteiger partial charge is 0.495 e. The highest BCUT2D eigenvalue weighted by molar-refractivity contribution is 6.23. The predicted octanol–water partition coefficient (Wildman–Crippen LogP) is 0.860. The van der Waals surface area contributed by atoms with Gasteiger partial charge >= 0.3 is 12.0 Å². The van der Waals surface area contributed by atoms with Crippen LogP contribution in [0.5, 0.6) is 5.75 Å². The summed E-state index contributed by atoms with van der Waals surface area (Å²) >= 11 is 0. The summed E-state index contributed by atoms with van der Waals surface area (Å²) in [5.41, 5.74) is 1.77. The molecule has 30 heavy (non-hydrogen) atoms. The summed E-state index contributed by atoms with van der Waals surface area (Å²) < 4.78 is 7.32. The van der Waals surface area contributed by atoms with Crippen LogP contribution < -0.4 is 10.1 Å². The van der Waals surface area contributed by atoms with Crippen molar-refractivity contribution in [3.63, 3.8) is 0 Å². The maximum Gasteiger partial charge on any atom is 0.417 e. The lowest BCUT2D eigenvalue weighted by Gasteiger charge is -2.33. The maximum absolute atomic E-state index is 12.9. The Morgan fingerprint density at radius 2 is 1.93 bits per heavy atom. The number of hydrazone groups is 1. The first-order valence-electron chi connectivity index (χ1n) is 9.83. The highest BCUT2D eigenvalue weighted by atomic mass is 16.5. The van der Waals surface area contributed by atoms with Crippen molar-refractivity contribution in [3.8, 4) is 5.75 Å². The van der Waals surface area contributed by atoms with Crippen LogP contribution in [-0.2, 0) is 4.79 Å². The Bertz CT molecular complexity index is 1000. The van der Waals surface area contributed by atoms with Gasteiger partial charge in [0.1, 0.15) is 18.3 Å². The van der Waals surface area contributed by atoms with Crippen LogP contribution in [0.15, 0.2) is 34.4 Å². The van der Waals surface area contributed by atoms with Crippen molar-refractivity contribution in [2.75, 3.05) is 39.6 Å². The number of anilines is 1. The molecule has 0 saturated carbocycles. The van der Waals surface area contributed by atoms with Gasteiger partial charge in [0.25, 0.3) is 5.91 Å². The number of carbonyl (C=O) groups is 2. The van der Waals surface area contributed by atoms with Crippen molar-refractivity contribution in [2.24, 2.45) is 10.1 Å². The molecule has 10 nitrogen and oxygen atoms in total. The molecule has 1 N–H and O–H groups in total. The van der Waals surface area contributed by atoms with Gasteiger partial charge in [-0.1, -0.05) is 17.1 Å². The van der Waals surface area contributed by atoms with Gasteiger partial charge in [0, 0.05) is 20.6 Å². The molecule has 1 aromatic carbocycles. The number of carbonyl (C=O) groups excluding carboxylic acids is 2. The van der Waals surface area contributed by atoms with E-state index in [2.05, 4.69) is 10.3 Å². The third-order valence-electron chi connectivity index (χ3n) is 5.73. The number of rotatable bonds is 5. The Labute approximate surface area is 175 Å². The molecule has 10 heteroatoms. The first-order chi connectivity index (χ1) is 14.3. The summed E-state index contributed by atoms with van der Waals surface area (Å²) in [5.74, 6) is 1.51. The number of nitrogens with zero attached hydrogens (tertiary/aromatic N) is 6. The van der Waals surface area contributed by atoms with E-state index in [0.29, 0.717) is 24.9 Å². The maximum atomic E-state index is 12.9. The molecule has 1 aromatic rings. The standard InChI is InChI=1S/C20H26N7O3/c1-12-13(2)27-16-17(24(3)20(29)25(4)18(16)28)22-19(27)26(23-12)11-10-21-14-8-6-7-9-15(14)30-5/h6-9,13,16,21H,10-11H2,1-5H3/q+1. The molecule has 0 radical (unpaired) electrons. The van der Waals surface area contributed by atoms with Gasteiger partial charge in [0.15, 0.2) is 0 Å². The number of urea groups is 1. The fraction of sp³-hybridized carbons (Fsp3) is 0.450. The molecule has 2 atom stereocenters. The van der Waals surface area contributed by atoms with E-state index in [1.807, 2.05) is 42.7 Å². The molecule has 3 heterocycles.